The fourth-order valence-corrected chi connectivity index (χ4v) is 2.51. The van der Waals surface area contributed by atoms with Gasteiger partial charge < -0.3 is 4.90 Å². The molecule has 0 N–H and O–H groups in total. The first kappa shape index (κ1) is 12.1. The van der Waals surface area contributed by atoms with Crippen molar-refractivity contribution in [1.82, 2.24) is 9.88 Å². The van der Waals surface area contributed by atoms with Gasteiger partial charge in [0.15, 0.2) is 0 Å². The average Bonchev–Trinajstić information content (AvgIpc) is 2.39. The van der Waals surface area contributed by atoms with Crippen LogP contribution < -0.4 is 0 Å². The van der Waals surface area contributed by atoms with Crippen molar-refractivity contribution >= 4 is 5.91 Å². The summed E-state index contributed by atoms with van der Waals surface area (Å²) in [4.78, 5) is 18.3. The molecule has 0 bridgehead atoms. The second kappa shape index (κ2) is 5.30. The topological polar surface area (TPSA) is 33.2 Å². The maximum atomic E-state index is 12.4. The molecule has 1 fully saturated rings. The van der Waals surface area contributed by atoms with Crippen LogP contribution >= 0.6 is 0 Å². The molecule has 1 aliphatic rings. The molecule has 1 aromatic rings. The lowest BCUT2D eigenvalue weighted by molar-refractivity contribution is 0.0695. The summed E-state index contributed by atoms with van der Waals surface area (Å²) in [5.74, 6) is 0.113. The summed E-state index contributed by atoms with van der Waals surface area (Å²) < 4.78 is 0. The Balaban J connectivity index is 2.11. The van der Waals surface area contributed by atoms with Gasteiger partial charge in [-0.25, -0.2) is 0 Å². The van der Waals surface area contributed by atoms with Gasteiger partial charge in [0, 0.05) is 25.5 Å². The molecule has 92 valence electrons. The van der Waals surface area contributed by atoms with Gasteiger partial charge in [0.2, 0.25) is 0 Å². The van der Waals surface area contributed by atoms with E-state index in [0.29, 0.717) is 6.04 Å². The molecular formula is C14H20N2O. The van der Waals surface area contributed by atoms with Crippen LogP contribution in [-0.2, 0) is 0 Å². The second-order valence-electron chi connectivity index (χ2n) is 4.90. The molecule has 3 nitrogen and oxygen atoms in total. The lowest BCUT2D eigenvalue weighted by atomic mass is 9.94. The van der Waals surface area contributed by atoms with Gasteiger partial charge in [-0.15, -0.1) is 0 Å². The van der Waals surface area contributed by atoms with Crippen LogP contribution in [0.4, 0.5) is 0 Å². The monoisotopic (exact) mass is 232 g/mol. The number of hydrogen-bond acceptors (Lipinski definition) is 2. The van der Waals surface area contributed by atoms with Crippen LogP contribution in [0.2, 0.25) is 0 Å². The quantitative estimate of drug-likeness (QED) is 0.785. The predicted molar refractivity (Wildman–Crippen MR) is 67.9 cm³/mol. The first-order chi connectivity index (χ1) is 8.20. The van der Waals surface area contributed by atoms with Gasteiger partial charge >= 0.3 is 0 Å². The van der Waals surface area contributed by atoms with E-state index in [1.807, 2.05) is 24.9 Å². The SMILES string of the molecule is Cc1ccncc1C(=O)N(C)C1CCCCC1. The average molecular weight is 232 g/mol. The van der Waals surface area contributed by atoms with Gasteiger partial charge in [-0.1, -0.05) is 19.3 Å². The molecule has 1 saturated carbocycles. The molecule has 0 spiro atoms. The third-order valence-electron chi connectivity index (χ3n) is 3.71. The zero-order valence-electron chi connectivity index (χ0n) is 10.6. The molecule has 0 aliphatic heterocycles. The summed E-state index contributed by atoms with van der Waals surface area (Å²) in [6.45, 7) is 1.96. The molecule has 0 aromatic carbocycles. The van der Waals surface area contributed by atoms with E-state index in [1.54, 1.807) is 12.4 Å². The molecule has 1 amide bonds. The number of nitrogens with zero attached hydrogens (tertiary/aromatic N) is 2. The van der Waals surface area contributed by atoms with E-state index in [1.165, 1.54) is 19.3 Å². The van der Waals surface area contributed by atoms with E-state index in [2.05, 4.69) is 4.98 Å². The highest BCUT2D eigenvalue weighted by atomic mass is 16.2. The van der Waals surface area contributed by atoms with E-state index in [4.69, 9.17) is 0 Å². The minimum Gasteiger partial charge on any atom is -0.339 e. The fourth-order valence-electron chi connectivity index (χ4n) is 2.51. The number of pyridine rings is 1. The Morgan fingerprint density at radius 1 is 1.35 bits per heavy atom. The molecular weight excluding hydrogens is 212 g/mol. The van der Waals surface area contributed by atoms with E-state index in [-0.39, 0.29) is 5.91 Å². The van der Waals surface area contributed by atoms with Crippen LogP contribution in [0.3, 0.4) is 0 Å². The number of carbonyl (C=O) groups is 1. The standard InChI is InChI=1S/C14H20N2O/c1-11-8-9-15-10-13(11)14(17)16(2)12-6-4-3-5-7-12/h8-10,12H,3-7H2,1-2H3. The van der Waals surface area contributed by atoms with Crippen LogP contribution in [0.15, 0.2) is 18.5 Å². The Labute approximate surface area is 103 Å². The fraction of sp³-hybridized carbons (Fsp3) is 0.571. The summed E-state index contributed by atoms with van der Waals surface area (Å²) in [6, 6.07) is 2.30. The van der Waals surface area contributed by atoms with Crippen molar-refractivity contribution in [2.24, 2.45) is 0 Å². The normalized spacial score (nSPS) is 16.8. The first-order valence-corrected chi connectivity index (χ1v) is 6.38. The summed E-state index contributed by atoms with van der Waals surface area (Å²) >= 11 is 0. The van der Waals surface area contributed by atoms with Crippen LogP contribution in [0.1, 0.15) is 48.0 Å². The molecule has 0 unspecified atom stereocenters. The largest absolute Gasteiger partial charge is 0.339 e. The summed E-state index contributed by atoms with van der Waals surface area (Å²) in [5, 5.41) is 0. The molecule has 1 aromatic heterocycles. The zero-order chi connectivity index (χ0) is 12.3. The molecule has 0 atom stereocenters. The van der Waals surface area contributed by atoms with Crippen molar-refractivity contribution in [2.45, 2.75) is 45.1 Å². The van der Waals surface area contributed by atoms with Gasteiger partial charge in [0.05, 0.1) is 5.56 Å². The highest BCUT2D eigenvalue weighted by Gasteiger charge is 2.23. The van der Waals surface area contributed by atoms with E-state index in [0.717, 1.165) is 24.0 Å². The van der Waals surface area contributed by atoms with Crippen LogP contribution in [0.25, 0.3) is 0 Å². The maximum Gasteiger partial charge on any atom is 0.255 e. The molecule has 1 heterocycles. The summed E-state index contributed by atoms with van der Waals surface area (Å²) in [7, 11) is 1.92. The van der Waals surface area contributed by atoms with Crippen molar-refractivity contribution in [2.75, 3.05) is 7.05 Å². The van der Waals surface area contributed by atoms with Crippen molar-refractivity contribution in [3.05, 3.63) is 29.6 Å². The second-order valence-corrected chi connectivity index (χ2v) is 4.90. The lowest BCUT2D eigenvalue weighted by Crippen LogP contribution is -2.38. The zero-order valence-corrected chi connectivity index (χ0v) is 10.6. The highest BCUT2D eigenvalue weighted by molar-refractivity contribution is 5.95. The van der Waals surface area contributed by atoms with Gasteiger partial charge in [0.25, 0.3) is 5.91 Å². The van der Waals surface area contributed by atoms with Crippen molar-refractivity contribution < 1.29 is 4.79 Å². The Morgan fingerprint density at radius 2 is 2.06 bits per heavy atom. The minimum atomic E-state index is 0.113. The molecule has 3 heteroatoms. The predicted octanol–water partition coefficient (Wildman–Crippen LogP) is 2.79. The van der Waals surface area contributed by atoms with Gasteiger partial charge in [-0.3, -0.25) is 9.78 Å². The minimum absolute atomic E-state index is 0.113. The van der Waals surface area contributed by atoms with Crippen molar-refractivity contribution in [3.8, 4) is 0 Å². The number of carbonyl (C=O) groups excluding carboxylic acids is 1. The van der Waals surface area contributed by atoms with E-state index >= 15 is 0 Å². The molecule has 1 aliphatic carbocycles. The first-order valence-electron chi connectivity index (χ1n) is 6.38. The number of aryl methyl sites for hydroxylation is 1. The van der Waals surface area contributed by atoms with E-state index in [9.17, 15) is 4.79 Å². The van der Waals surface area contributed by atoms with Gasteiger partial charge in [0.1, 0.15) is 0 Å². The van der Waals surface area contributed by atoms with Crippen LogP contribution in [0, 0.1) is 6.92 Å². The number of hydrogen-bond donors (Lipinski definition) is 0. The van der Waals surface area contributed by atoms with Crippen LogP contribution in [-0.4, -0.2) is 28.9 Å². The summed E-state index contributed by atoms with van der Waals surface area (Å²) in [6.07, 6.45) is 9.49. The van der Waals surface area contributed by atoms with Gasteiger partial charge in [-0.05, 0) is 31.4 Å². The third kappa shape index (κ3) is 2.65. The molecule has 0 radical (unpaired) electrons. The Hall–Kier alpha value is -1.38. The van der Waals surface area contributed by atoms with E-state index < -0.39 is 0 Å². The third-order valence-corrected chi connectivity index (χ3v) is 3.71. The van der Waals surface area contributed by atoms with Crippen molar-refractivity contribution in [3.63, 3.8) is 0 Å². The number of aromatic nitrogens is 1. The molecule has 0 saturated heterocycles. The highest BCUT2D eigenvalue weighted by Crippen LogP contribution is 2.23. The van der Waals surface area contributed by atoms with Crippen LogP contribution in [0.5, 0.6) is 0 Å². The molecule has 17 heavy (non-hydrogen) atoms. The van der Waals surface area contributed by atoms with Crippen molar-refractivity contribution in [1.29, 1.82) is 0 Å². The Morgan fingerprint density at radius 3 is 2.71 bits per heavy atom. The Bertz CT molecular complexity index is 397. The number of amides is 1. The lowest BCUT2D eigenvalue weighted by Gasteiger charge is -2.31. The maximum absolute atomic E-state index is 12.4. The number of rotatable bonds is 2. The van der Waals surface area contributed by atoms with Gasteiger partial charge in [-0.2, -0.15) is 0 Å². The summed E-state index contributed by atoms with van der Waals surface area (Å²) in [5.41, 5.74) is 1.74. The smallest absolute Gasteiger partial charge is 0.255 e. The Kier molecular flexibility index (Phi) is 3.77. The molecule has 2 rings (SSSR count).